The normalized spacial score (nSPS) is 9.93. The summed E-state index contributed by atoms with van der Waals surface area (Å²) in [6.45, 7) is 1.69. The Kier molecular flexibility index (Phi) is 2.15. The van der Waals surface area contributed by atoms with Crippen LogP contribution in [0, 0.1) is 6.92 Å². The molecule has 1 heterocycles. The summed E-state index contributed by atoms with van der Waals surface area (Å²) in [5.41, 5.74) is 9.29. The van der Waals surface area contributed by atoms with Crippen molar-refractivity contribution in [2.75, 3.05) is 0 Å². The molecule has 0 aliphatic heterocycles. The van der Waals surface area contributed by atoms with Crippen molar-refractivity contribution in [2.24, 2.45) is 5.11 Å². The molecular weight excluding hydrogens is 194 g/mol. The van der Waals surface area contributed by atoms with Crippen LogP contribution in [0.5, 0.6) is 0 Å². The van der Waals surface area contributed by atoms with Gasteiger partial charge < -0.3 is 4.42 Å². The first-order chi connectivity index (χ1) is 7.20. The van der Waals surface area contributed by atoms with E-state index >= 15 is 0 Å². The Morgan fingerprint density at radius 3 is 2.93 bits per heavy atom. The summed E-state index contributed by atoms with van der Waals surface area (Å²) < 4.78 is 5.04. The first-order valence-electron chi connectivity index (χ1n) is 4.30. The summed E-state index contributed by atoms with van der Waals surface area (Å²) in [6.07, 6.45) is 0. The average Bonchev–Trinajstić information content (AvgIpc) is 2.21. The number of azide groups is 1. The molecule has 2 rings (SSSR count). The van der Waals surface area contributed by atoms with Crippen molar-refractivity contribution in [1.29, 1.82) is 0 Å². The minimum Gasteiger partial charge on any atom is -0.423 e. The molecule has 2 aromatic rings. The molecule has 0 aliphatic carbocycles. The number of aryl methyl sites for hydroxylation is 1. The number of benzene rings is 1. The lowest BCUT2D eigenvalue weighted by Crippen LogP contribution is -2.01. The maximum atomic E-state index is 11.2. The lowest BCUT2D eigenvalue weighted by Gasteiger charge is -1.98. The van der Waals surface area contributed by atoms with Gasteiger partial charge in [-0.2, -0.15) is 0 Å². The Hall–Kier alpha value is -2.26. The fraction of sp³-hybridized carbons (Fsp3) is 0.100. The van der Waals surface area contributed by atoms with E-state index in [9.17, 15) is 4.79 Å². The highest BCUT2D eigenvalue weighted by Gasteiger charge is 2.01. The molecule has 0 N–H and O–H groups in total. The van der Waals surface area contributed by atoms with Crippen LogP contribution in [-0.4, -0.2) is 0 Å². The Bertz CT molecular complexity index is 624. The van der Waals surface area contributed by atoms with Gasteiger partial charge in [0.2, 0.25) is 0 Å². The lowest BCUT2D eigenvalue weighted by atomic mass is 10.2. The van der Waals surface area contributed by atoms with Crippen LogP contribution >= 0.6 is 0 Å². The predicted molar refractivity (Wildman–Crippen MR) is 56.0 cm³/mol. The summed E-state index contributed by atoms with van der Waals surface area (Å²) in [5, 5.41) is 4.24. The Balaban J connectivity index is 2.77. The van der Waals surface area contributed by atoms with Crippen LogP contribution in [0.1, 0.15) is 5.56 Å². The molecular formula is C10H7N3O2. The van der Waals surface area contributed by atoms with E-state index in [0.29, 0.717) is 16.8 Å². The van der Waals surface area contributed by atoms with Crippen molar-refractivity contribution in [3.8, 4) is 0 Å². The second-order valence-corrected chi connectivity index (χ2v) is 3.13. The third kappa shape index (κ3) is 1.68. The zero-order valence-electron chi connectivity index (χ0n) is 7.97. The molecule has 5 heteroatoms. The molecule has 0 bridgehead atoms. The molecule has 74 valence electrons. The largest absolute Gasteiger partial charge is 0.423 e. The maximum Gasteiger partial charge on any atom is 0.339 e. The van der Waals surface area contributed by atoms with Crippen LogP contribution < -0.4 is 5.63 Å². The highest BCUT2D eigenvalue weighted by atomic mass is 16.4. The monoisotopic (exact) mass is 201 g/mol. The van der Waals surface area contributed by atoms with Crippen molar-refractivity contribution in [1.82, 2.24) is 0 Å². The fourth-order valence-corrected chi connectivity index (χ4v) is 1.32. The predicted octanol–water partition coefficient (Wildman–Crippen LogP) is 3.04. The minimum absolute atomic E-state index is 0.374. The van der Waals surface area contributed by atoms with Crippen LogP contribution in [0.4, 0.5) is 5.69 Å². The van der Waals surface area contributed by atoms with Crippen LogP contribution in [0.25, 0.3) is 21.4 Å². The van der Waals surface area contributed by atoms with Crippen LogP contribution in [0.2, 0.25) is 0 Å². The first-order valence-corrected chi connectivity index (χ1v) is 4.30. The zero-order chi connectivity index (χ0) is 10.8. The van der Waals surface area contributed by atoms with E-state index in [1.54, 1.807) is 25.1 Å². The highest BCUT2D eigenvalue weighted by molar-refractivity contribution is 5.79. The number of rotatable bonds is 1. The van der Waals surface area contributed by atoms with E-state index in [1.165, 1.54) is 6.07 Å². The lowest BCUT2D eigenvalue weighted by molar-refractivity contribution is 0.555. The second-order valence-electron chi connectivity index (χ2n) is 3.13. The maximum absolute atomic E-state index is 11.2. The Labute approximate surface area is 84.6 Å². The average molecular weight is 201 g/mol. The third-order valence-corrected chi connectivity index (χ3v) is 2.05. The second kappa shape index (κ2) is 3.48. The third-order valence-electron chi connectivity index (χ3n) is 2.05. The van der Waals surface area contributed by atoms with E-state index in [2.05, 4.69) is 10.0 Å². The molecule has 5 nitrogen and oxygen atoms in total. The molecule has 0 amide bonds. The van der Waals surface area contributed by atoms with E-state index < -0.39 is 0 Å². The number of hydrogen-bond acceptors (Lipinski definition) is 3. The van der Waals surface area contributed by atoms with Gasteiger partial charge in [-0.25, -0.2) is 4.79 Å². The quantitative estimate of drug-likeness (QED) is 0.307. The SMILES string of the molecule is Cc1cc2ccc(N=[N+]=[N-])cc2oc1=O. The molecule has 0 saturated heterocycles. The van der Waals surface area contributed by atoms with Gasteiger partial charge in [-0.1, -0.05) is 17.2 Å². The molecule has 15 heavy (non-hydrogen) atoms. The Morgan fingerprint density at radius 2 is 2.20 bits per heavy atom. The smallest absolute Gasteiger partial charge is 0.339 e. The van der Waals surface area contributed by atoms with E-state index in [-0.39, 0.29) is 5.63 Å². The van der Waals surface area contributed by atoms with Crippen molar-refractivity contribution >= 4 is 16.7 Å². The van der Waals surface area contributed by atoms with Gasteiger partial charge in [0.1, 0.15) is 5.58 Å². The molecule has 0 saturated carbocycles. The van der Waals surface area contributed by atoms with Crippen LogP contribution in [0.15, 0.2) is 38.6 Å². The zero-order valence-corrected chi connectivity index (χ0v) is 7.97. The summed E-state index contributed by atoms with van der Waals surface area (Å²) in [4.78, 5) is 13.9. The van der Waals surface area contributed by atoms with E-state index in [0.717, 1.165) is 5.39 Å². The number of fused-ring (bicyclic) bond motifs is 1. The van der Waals surface area contributed by atoms with Gasteiger partial charge in [0.25, 0.3) is 0 Å². The minimum atomic E-state index is -0.374. The molecule has 0 unspecified atom stereocenters. The van der Waals surface area contributed by atoms with E-state index in [1.807, 2.05) is 0 Å². The number of hydrogen-bond donors (Lipinski definition) is 0. The summed E-state index contributed by atoms with van der Waals surface area (Å²) in [5.74, 6) is 0. The standard InChI is InChI=1S/C10H7N3O2/c1-6-4-7-2-3-8(12-13-11)5-9(7)15-10(6)14/h2-5H,1H3. The fourth-order valence-electron chi connectivity index (χ4n) is 1.32. The van der Waals surface area contributed by atoms with Crippen LogP contribution in [0.3, 0.4) is 0 Å². The summed E-state index contributed by atoms with van der Waals surface area (Å²) in [7, 11) is 0. The van der Waals surface area contributed by atoms with Gasteiger partial charge in [0.15, 0.2) is 0 Å². The van der Waals surface area contributed by atoms with Crippen molar-refractivity contribution in [3.05, 3.63) is 50.7 Å². The molecule has 0 fully saturated rings. The highest BCUT2D eigenvalue weighted by Crippen LogP contribution is 2.20. The van der Waals surface area contributed by atoms with Gasteiger partial charge in [-0.15, -0.1) is 0 Å². The summed E-state index contributed by atoms with van der Waals surface area (Å²) >= 11 is 0. The number of nitrogens with zero attached hydrogens (tertiary/aromatic N) is 3. The molecule has 0 radical (unpaired) electrons. The topological polar surface area (TPSA) is 79.0 Å². The molecule has 0 aliphatic rings. The van der Waals surface area contributed by atoms with Crippen molar-refractivity contribution in [3.63, 3.8) is 0 Å². The molecule has 1 aromatic carbocycles. The van der Waals surface area contributed by atoms with E-state index in [4.69, 9.17) is 9.95 Å². The first kappa shape index (κ1) is 9.30. The van der Waals surface area contributed by atoms with Crippen molar-refractivity contribution in [2.45, 2.75) is 6.92 Å². The summed E-state index contributed by atoms with van der Waals surface area (Å²) in [6, 6.07) is 6.69. The van der Waals surface area contributed by atoms with Gasteiger partial charge in [-0.3, -0.25) is 0 Å². The Morgan fingerprint density at radius 1 is 1.40 bits per heavy atom. The van der Waals surface area contributed by atoms with Gasteiger partial charge in [-0.05, 0) is 24.6 Å². The van der Waals surface area contributed by atoms with Gasteiger partial charge in [0, 0.05) is 21.5 Å². The molecule has 0 spiro atoms. The molecule has 0 atom stereocenters. The molecule has 1 aromatic heterocycles. The van der Waals surface area contributed by atoms with Gasteiger partial charge in [0.05, 0.1) is 0 Å². The van der Waals surface area contributed by atoms with Gasteiger partial charge >= 0.3 is 5.63 Å². The van der Waals surface area contributed by atoms with Crippen molar-refractivity contribution < 1.29 is 4.42 Å². The van der Waals surface area contributed by atoms with Crippen LogP contribution in [-0.2, 0) is 0 Å².